The second-order valence-corrected chi connectivity index (χ2v) is 4.67. The SMILES string of the molecule is CCNC1CCCN(CC(C)CC)C1. The molecule has 84 valence electrons. The molecule has 1 fully saturated rings. The molecule has 0 aliphatic carbocycles. The molecule has 0 spiro atoms. The van der Waals surface area contributed by atoms with Crippen molar-refractivity contribution in [3.63, 3.8) is 0 Å². The van der Waals surface area contributed by atoms with Crippen LogP contribution >= 0.6 is 0 Å². The summed E-state index contributed by atoms with van der Waals surface area (Å²) < 4.78 is 0. The van der Waals surface area contributed by atoms with Crippen LogP contribution in [0.2, 0.25) is 0 Å². The third-order valence-corrected chi connectivity index (χ3v) is 3.27. The van der Waals surface area contributed by atoms with Crippen molar-refractivity contribution in [3.05, 3.63) is 0 Å². The normalized spacial score (nSPS) is 26.4. The van der Waals surface area contributed by atoms with Crippen molar-refractivity contribution in [2.24, 2.45) is 5.92 Å². The summed E-state index contributed by atoms with van der Waals surface area (Å²) in [5.41, 5.74) is 0. The number of nitrogens with one attached hydrogen (secondary N) is 1. The lowest BCUT2D eigenvalue weighted by Crippen LogP contribution is -2.46. The molecule has 1 aliphatic rings. The highest BCUT2D eigenvalue weighted by Gasteiger charge is 2.19. The fourth-order valence-corrected chi connectivity index (χ4v) is 2.25. The first-order valence-electron chi connectivity index (χ1n) is 6.22. The van der Waals surface area contributed by atoms with E-state index < -0.39 is 0 Å². The van der Waals surface area contributed by atoms with E-state index in [0.717, 1.165) is 18.5 Å². The van der Waals surface area contributed by atoms with Crippen LogP contribution in [0.3, 0.4) is 0 Å². The quantitative estimate of drug-likeness (QED) is 0.728. The molecule has 1 rings (SSSR count). The maximum atomic E-state index is 3.56. The summed E-state index contributed by atoms with van der Waals surface area (Å²) in [7, 11) is 0. The minimum atomic E-state index is 0.748. The highest BCUT2D eigenvalue weighted by atomic mass is 15.2. The molecule has 0 aromatic rings. The van der Waals surface area contributed by atoms with Crippen molar-refractivity contribution < 1.29 is 0 Å². The van der Waals surface area contributed by atoms with Crippen LogP contribution in [0.4, 0.5) is 0 Å². The van der Waals surface area contributed by atoms with Crippen LogP contribution in [0, 0.1) is 5.92 Å². The zero-order chi connectivity index (χ0) is 10.4. The second kappa shape index (κ2) is 6.41. The lowest BCUT2D eigenvalue weighted by Gasteiger charge is -2.34. The van der Waals surface area contributed by atoms with Crippen LogP contribution < -0.4 is 5.32 Å². The zero-order valence-corrected chi connectivity index (χ0v) is 10.1. The molecule has 2 atom stereocenters. The number of nitrogens with zero attached hydrogens (tertiary/aromatic N) is 1. The van der Waals surface area contributed by atoms with E-state index in [0.29, 0.717) is 0 Å². The van der Waals surface area contributed by atoms with E-state index in [1.807, 2.05) is 0 Å². The van der Waals surface area contributed by atoms with Crippen LogP contribution in [0.1, 0.15) is 40.0 Å². The van der Waals surface area contributed by atoms with Crippen LogP contribution in [0.15, 0.2) is 0 Å². The molecule has 1 heterocycles. The third-order valence-electron chi connectivity index (χ3n) is 3.27. The van der Waals surface area contributed by atoms with Gasteiger partial charge in [-0.25, -0.2) is 0 Å². The van der Waals surface area contributed by atoms with Gasteiger partial charge in [-0.1, -0.05) is 27.2 Å². The summed E-state index contributed by atoms with van der Waals surface area (Å²) in [6.07, 6.45) is 4.04. The van der Waals surface area contributed by atoms with E-state index in [-0.39, 0.29) is 0 Å². The topological polar surface area (TPSA) is 15.3 Å². The van der Waals surface area contributed by atoms with Crippen molar-refractivity contribution in [3.8, 4) is 0 Å². The Morgan fingerprint density at radius 1 is 1.43 bits per heavy atom. The Bertz CT molecular complexity index is 145. The van der Waals surface area contributed by atoms with E-state index in [9.17, 15) is 0 Å². The summed E-state index contributed by atoms with van der Waals surface area (Å²) in [6.45, 7) is 11.8. The largest absolute Gasteiger partial charge is 0.313 e. The van der Waals surface area contributed by atoms with Crippen molar-refractivity contribution in [1.82, 2.24) is 10.2 Å². The first-order chi connectivity index (χ1) is 6.76. The Balaban J connectivity index is 2.25. The Kier molecular flexibility index (Phi) is 5.49. The minimum Gasteiger partial charge on any atom is -0.313 e. The Morgan fingerprint density at radius 2 is 2.21 bits per heavy atom. The van der Waals surface area contributed by atoms with Gasteiger partial charge in [0.1, 0.15) is 0 Å². The summed E-state index contributed by atoms with van der Waals surface area (Å²) in [5.74, 6) is 0.857. The summed E-state index contributed by atoms with van der Waals surface area (Å²) >= 11 is 0. The van der Waals surface area contributed by atoms with E-state index >= 15 is 0 Å². The predicted molar refractivity (Wildman–Crippen MR) is 62.6 cm³/mol. The molecule has 0 bridgehead atoms. The van der Waals surface area contributed by atoms with Crippen molar-refractivity contribution in [2.45, 2.75) is 46.1 Å². The second-order valence-electron chi connectivity index (χ2n) is 4.67. The zero-order valence-electron chi connectivity index (χ0n) is 10.1. The maximum Gasteiger partial charge on any atom is 0.0195 e. The molecule has 1 aliphatic heterocycles. The van der Waals surface area contributed by atoms with Gasteiger partial charge in [0.25, 0.3) is 0 Å². The van der Waals surface area contributed by atoms with Crippen molar-refractivity contribution in [2.75, 3.05) is 26.2 Å². The van der Waals surface area contributed by atoms with Gasteiger partial charge in [-0.05, 0) is 31.8 Å². The van der Waals surface area contributed by atoms with Gasteiger partial charge in [0, 0.05) is 19.1 Å². The summed E-state index contributed by atoms with van der Waals surface area (Å²) in [6, 6.07) is 0.748. The van der Waals surface area contributed by atoms with E-state index in [4.69, 9.17) is 0 Å². The predicted octanol–water partition coefficient (Wildman–Crippen LogP) is 2.11. The van der Waals surface area contributed by atoms with E-state index in [1.54, 1.807) is 0 Å². The minimum absolute atomic E-state index is 0.748. The van der Waals surface area contributed by atoms with Gasteiger partial charge in [-0.2, -0.15) is 0 Å². The number of rotatable bonds is 5. The molecule has 1 N–H and O–H groups in total. The first-order valence-corrected chi connectivity index (χ1v) is 6.22. The third kappa shape index (κ3) is 3.97. The van der Waals surface area contributed by atoms with Gasteiger partial charge in [0.2, 0.25) is 0 Å². The van der Waals surface area contributed by atoms with E-state index in [1.165, 1.54) is 38.9 Å². The number of likely N-dealkylation sites (tertiary alicyclic amines) is 1. The van der Waals surface area contributed by atoms with Crippen molar-refractivity contribution in [1.29, 1.82) is 0 Å². The van der Waals surface area contributed by atoms with Crippen LogP contribution in [-0.2, 0) is 0 Å². The highest BCUT2D eigenvalue weighted by Crippen LogP contribution is 2.13. The molecule has 14 heavy (non-hydrogen) atoms. The molecule has 0 saturated carbocycles. The standard InChI is InChI=1S/C12H26N2/c1-4-11(3)9-14-8-6-7-12(10-14)13-5-2/h11-13H,4-10H2,1-3H3. The molecular formula is C12H26N2. The Hall–Kier alpha value is -0.0800. The molecule has 2 nitrogen and oxygen atoms in total. The number of likely N-dealkylation sites (N-methyl/N-ethyl adjacent to an activating group) is 1. The molecule has 0 amide bonds. The lowest BCUT2D eigenvalue weighted by molar-refractivity contribution is 0.169. The van der Waals surface area contributed by atoms with Crippen LogP contribution in [0.25, 0.3) is 0 Å². The molecule has 0 radical (unpaired) electrons. The molecule has 0 aromatic carbocycles. The molecular weight excluding hydrogens is 172 g/mol. The number of piperidine rings is 1. The first kappa shape index (κ1) is 12.0. The average molecular weight is 198 g/mol. The smallest absolute Gasteiger partial charge is 0.0195 e. The Labute approximate surface area is 89.1 Å². The monoisotopic (exact) mass is 198 g/mol. The van der Waals surface area contributed by atoms with E-state index in [2.05, 4.69) is 31.0 Å². The van der Waals surface area contributed by atoms with Gasteiger partial charge >= 0.3 is 0 Å². The summed E-state index contributed by atoms with van der Waals surface area (Å²) in [4.78, 5) is 2.63. The highest BCUT2D eigenvalue weighted by molar-refractivity contribution is 4.78. The fourth-order valence-electron chi connectivity index (χ4n) is 2.25. The maximum absolute atomic E-state index is 3.56. The summed E-state index contributed by atoms with van der Waals surface area (Å²) in [5, 5.41) is 3.56. The number of hydrogen-bond acceptors (Lipinski definition) is 2. The molecule has 2 unspecified atom stereocenters. The average Bonchev–Trinajstić information content (AvgIpc) is 2.19. The van der Waals surface area contributed by atoms with Gasteiger partial charge in [-0.3, -0.25) is 0 Å². The van der Waals surface area contributed by atoms with Gasteiger partial charge in [0.15, 0.2) is 0 Å². The molecule has 1 saturated heterocycles. The van der Waals surface area contributed by atoms with Crippen LogP contribution in [0.5, 0.6) is 0 Å². The van der Waals surface area contributed by atoms with Gasteiger partial charge in [-0.15, -0.1) is 0 Å². The lowest BCUT2D eigenvalue weighted by atomic mass is 10.0. The molecule has 2 heteroatoms. The van der Waals surface area contributed by atoms with Gasteiger partial charge < -0.3 is 10.2 Å². The van der Waals surface area contributed by atoms with Crippen LogP contribution in [-0.4, -0.2) is 37.1 Å². The fraction of sp³-hybridized carbons (Fsp3) is 1.00. The number of hydrogen-bond donors (Lipinski definition) is 1. The van der Waals surface area contributed by atoms with Gasteiger partial charge in [0.05, 0.1) is 0 Å². The Morgan fingerprint density at radius 3 is 2.86 bits per heavy atom. The molecule has 0 aromatic heterocycles. The van der Waals surface area contributed by atoms with Crippen molar-refractivity contribution >= 4 is 0 Å².